The molecule has 0 saturated heterocycles. The molecule has 3 rings (SSSR count). The number of hydrazine groups is 1. The topological polar surface area (TPSA) is 42.2 Å². The predicted octanol–water partition coefficient (Wildman–Crippen LogP) is 2.96. The molecule has 2 aromatic rings. The van der Waals surface area contributed by atoms with Gasteiger partial charge >= 0.3 is 0 Å². The summed E-state index contributed by atoms with van der Waals surface area (Å²) < 4.78 is 0. The molecule has 3 nitrogen and oxygen atoms in total. The second-order valence-electron chi connectivity index (χ2n) is 4.45. The van der Waals surface area contributed by atoms with Gasteiger partial charge in [-0.3, -0.25) is 0 Å². The van der Waals surface area contributed by atoms with E-state index in [1.165, 1.54) is 23.3 Å². The normalized spacial score (nSPS) is 14.9. The number of anilines is 1. The number of benzene rings is 1. The molecule has 4 heteroatoms. The first kappa shape index (κ1) is 10.7. The van der Waals surface area contributed by atoms with Crippen molar-refractivity contribution in [1.29, 1.82) is 0 Å². The highest BCUT2D eigenvalue weighted by molar-refractivity contribution is 7.13. The lowest BCUT2D eigenvalue weighted by Gasteiger charge is -2.17. The molecule has 0 bridgehead atoms. The van der Waals surface area contributed by atoms with E-state index < -0.39 is 0 Å². The maximum atomic E-state index is 6.02. The van der Waals surface area contributed by atoms with Crippen molar-refractivity contribution in [3.63, 3.8) is 0 Å². The fourth-order valence-corrected chi connectivity index (χ4v) is 2.74. The van der Waals surface area contributed by atoms with Gasteiger partial charge in [0.2, 0.25) is 0 Å². The van der Waals surface area contributed by atoms with Crippen molar-refractivity contribution in [1.82, 2.24) is 4.98 Å². The van der Waals surface area contributed by atoms with Crippen LogP contribution in [0.2, 0.25) is 0 Å². The number of thiazole rings is 1. The zero-order valence-corrected chi connectivity index (χ0v) is 10.6. The zero-order valence-electron chi connectivity index (χ0n) is 9.76. The Hall–Kier alpha value is -1.39. The van der Waals surface area contributed by atoms with Crippen molar-refractivity contribution >= 4 is 17.0 Å². The molecule has 1 aliphatic carbocycles. The number of hydrogen-bond donors (Lipinski definition) is 1. The maximum absolute atomic E-state index is 6.02. The number of nitrogens with zero attached hydrogens (tertiary/aromatic N) is 2. The highest BCUT2D eigenvalue weighted by Gasteiger charge is 2.27. The summed E-state index contributed by atoms with van der Waals surface area (Å²) in [5.41, 5.74) is 5.30. The summed E-state index contributed by atoms with van der Waals surface area (Å²) in [6.07, 6.45) is 2.43. The molecule has 0 aliphatic heterocycles. The Morgan fingerprint density at radius 2 is 2.00 bits per heavy atom. The van der Waals surface area contributed by atoms with E-state index in [1.807, 2.05) is 17.4 Å². The van der Waals surface area contributed by atoms with Crippen LogP contribution < -0.4 is 10.9 Å². The number of nitrogens with two attached hydrogens (primary N) is 1. The summed E-state index contributed by atoms with van der Waals surface area (Å²) in [6.45, 7) is 2.04. The first-order valence-electron chi connectivity index (χ1n) is 5.80. The van der Waals surface area contributed by atoms with Gasteiger partial charge in [-0.25, -0.2) is 10.8 Å². The van der Waals surface area contributed by atoms with E-state index >= 15 is 0 Å². The van der Waals surface area contributed by atoms with Crippen LogP contribution in [0.15, 0.2) is 29.8 Å². The Morgan fingerprint density at radius 3 is 2.53 bits per heavy atom. The van der Waals surface area contributed by atoms with Crippen LogP contribution in [0.1, 0.15) is 18.5 Å². The third kappa shape index (κ3) is 2.06. The van der Waals surface area contributed by atoms with Crippen LogP contribution in [0.5, 0.6) is 0 Å². The van der Waals surface area contributed by atoms with Crippen LogP contribution in [-0.2, 0) is 0 Å². The van der Waals surface area contributed by atoms with Crippen molar-refractivity contribution < 1.29 is 0 Å². The van der Waals surface area contributed by atoms with Crippen molar-refractivity contribution in [2.24, 2.45) is 5.84 Å². The van der Waals surface area contributed by atoms with Crippen molar-refractivity contribution in [3.05, 3.63) is 35.5 Å². The van der Waals surface area contributed by atoms with Gasteiger partial charge in [0.05, 0.1) is 21.8 Å². The van der Waals surface area contributed by atoms with Crippen LogP contribution in [0, 0.1) is 6.92 Å². The third-order valence-electron chi connectivity index (χ3n) is 3.11. The molecule has 1 saturated carbocycles. The highest BCUT2D eigenvalue weighted by atomic mass is 32.1. The summed E-state index contributed by atoms with van der Waals surface area (Å²) in [5, 5.41) is 1.88. The van der Waals surface area contributed by atoms with Gasteiger partial charge in [0.25, 0.3) is 0 Å². The summed E-state index contributed by atoms with van der Waals surface area (Å²) >= 11 is 1.68. The largest absolute Gasteiger partial charge is 0.308 e. The predicted molar refractivity (Wildman–Crippen MR) is 72.0 cm³/mol. The minimum Gasteiger partial charge on any atom is -0.308 e. The van der Waals surface area contributed by atoms with E-state index in [2.05, 4.69) is 29.2 Å². The molecule has 0 atom stereocenters. The van der Waals surface area contributed by atoms with Gasteiger partial charge in [0.15, 0.2) is 0 Å². The van der Waals surface area contributed by atoms with Crippen molar-refractivity contribution in [2.45, 2.75) is 25.8 Å². The highest BCUT2D eigenvalue weighted by Crippen LogP contribution is 2.32. The Balaban J connectivity index is 1.87. The van der Waals surface area contributed by atoms with Gasteiger partial charge < -0.3 is 5.01 Å². The molecule has 1 aromatic heterocycles. The number of hydrogen-bond acceptors (Lipinski definition) is 4. The summed E-state index contributed by atoms with van der Waals surface area (Å²) in [5.74, 6) is 6.02. The number of aromatic nitrogens is 1. The minimum atomic E-state index is 0.547. The first-order chi connectivity index (χ1) is 8.25. The fourth-order valence-electron chi connectivity index (χ4n) is 1.93. The Morgan fingerprint density at radius 1 is 1.29 bits per heavy atom. The Bertz CT molecular complexity index is 514. The second kappa shape index (κ2) is 4.13. The van der Waals surface area contributed by atoms with Gasteiger partial charge in [0, 0.05) is 6.04 Å². The first-order valence-corrected chi connectivity index (χ1v) is 6.68. The standard InChI is InChI=1S/C13H15N3S/c1-9-13(17-8-15-9)10-2-4-11(5-3-10)16(14)12-6-7-12/h2-5,8,12H,6-7,14H2,1H3. The van der Waals surface area contributed by atoms with Gasteiger partial charge in [-0.05, 0) is 37.5 Å². The average molecular weight is 245 g/mol. The average Bonchev–Trinajstić information content (AvgIpc) is 3.12. The lowest BCUT2D eigenvalue weighted by atomic mass is 10.1. The van der Waals surface area contributed by atoms with Crippen LogP contribution in [0.25, 0.3) is 10.4 Å². The molecule has 0 amide bonds. The molecule has 1 aromatic carbocycles. The molecule has 0 radical (unpaired) electrons. The van der Waals surface area contributed by atoms with Crippen LogP contribution in [0.3, 0.4) is 0 Å². The van der Waals surface area contributed by atoms with E-state index in [0.717, 1.165) is 11.4 Å². The van der Waals surface area contributed by atoms with E-state index in [4.69, 9.17) is 5.84 Å². The SMILES string of the molecule is Cc1ncsc1-c1ccc(N(N)C2CC2)cc1. The van der Waals surface area contributed by atoms with Crippen LogP contribution in [0.4, 0.5) is 5.69 Å². The summed E-state index contributed by atoms with van der Waals surface area (Å²) in [7, 11) is 0. The maximum Gasteiger partial charge on any atom is 0.0801 e. The third-order valence-corrected chi connectivity index (χ3v) is 4.09. The molecule has 0 unspecified atom stereocenters. The summed E-state index contributed by atoms with van der Waals surface area (Å²) in [4.78, 5) is 5.51. The van der Waals surface area contributed by atoms with Crippen LogP contribution >= 0.6 is 11.3 Å². The quantitative estimate of drug-likeness (QED) is 0.667. The monoisotopic (exact) mass is 245 g/mol. The molecule has 1 aliphatic rings. The molecular weight excluding hydrogens is 230 g/mol. The molecular formula is C13H15N3S. The second-order valence-corrected chi connectivity index (χ2v) is 5.31. The number of rotatable bonds is 3. The van der Waals surface area contributed by atoms with Gasteiger partial charge in [-0.2, -0.15) is 0 Å². The fraction of sp³-hybridized carbons (Fsp3) is 0.308. The van der Waals surface area contributed by atoms with Crippen molar-refractivity contribution in [3.8, 4) is 10.4 Å². The zero-order chi connectivity index (χ0) is 11.8. The summed E-state index contributed by atoms with van der Waals surface area (Å²) in [6, 6.07) is 8.97. The Labute approximate surface area is 105 Å². The van der Waals surface area contributed by atoms with E-state index in [1.54, 1.807) is 11.3 Å². The molecule has 1 heterocycles. The van der Waals surface area contributed by atoms with Gasteiger partial charge in [-0.1, -0.05) is 12.1 Å². The Kier molecular flexibility index (Phi) is 2.61. The van der Waals surface area contributed by atoms with E-state index in [9.17, 15) is 0 Å². The minimum absolute atomic E-state index is 0.547. The molecule has 0 spiro atoms. The van der Waals surface area contributed by atoms with E-state index in [-0.39, 0.29) is 0 Å². The molecule has 17 heavy (non-hydrogen) atoms. The van der Waals surface area contributed by atoms with E-state index in [0.29, 0.717) is 6.04 Å². The molecule has 2 N–H and O–H groups in total. The molecule has 1 fully saturated rings. The van der Waals surface area contributed by atoms with Gasteiger partial charge in [0.1, 0.15) is 0 Å². The molecule has 88 valence electrons. The number of aryl methyl sites for hydroxylation is 1. The van der Waals surface area contributed by atoms with Crippen molar-refractivity contribution in [2.75, 3.05) is 5.01 Å². The van der Waals surface area contributed by atoms with Gasteiger partial charge in [-0.15, -0.1) is 11.3 Å². The lowest BCUT2D eigenvalue weighted by molar-refractivity contribution is 0.847. The van der Waals surface area contributed by atoms with Crippen LogP contribution in [-0.4, -0.2) is 11.0 Å². The lowest BCUT2D eigenvalue weighted by Crippen LogP contribution is -2.32. The smallest absolute Gasteiger partial charge is 0.0801 e.